The summed E-state index contributed by atoms with van der Waals surface area (Å²) in [5, 5.41) is 12.0. The zero-order valence-corrected chi connectivity index (χ0v) is 43.0. The number of alkyl carbamates (subject to hydrolysis) is 1. The van der Waals surface area contributed by atoms with E-state index < -0.39 is 57.5 Å². The molecule has 3 atom stereocenters. The van der Waals surface area contributed by atoms with Crippen LogP contribution >= 0.6 is 0 Å². The van der Waals surface area contributed by atoms with Crippen molar-refractivity contribution in [2.45, 2.75) is 81.1 Å². The summed E-state index contributed by atoms with van der Waals surface area (Å²) >= 11 is 0. The summed E-state index contributed by atoms with van der Waals surface area (Å²) in [5.74, 6) is -2.04. The number of hydrogen-bond acceptors (Lipinski definition) is 8. The molecule has 0 aliphatic carbocycles. The molecule has 0 aromatic heterocycles. The summed E-state index contributed by atoms with van der Waals surface area (Å²) in [5.41, 5.74) is 4.13. The van der Waals surface area contributed by atoms with Crippen LogP contribution in [0.15, 0.2) is 187 Å². The van der Waals surface area contributed by atoms with E-state index in [1.54, 1.807) is 6.07 Å². The summed E-state index contributed by atoms with van der Waals surface area (Å²) in [7, 11) is -0.926. The van der Waals surface area contributed by atoms with E-state index in [9.17, 15) is 32.4 Å². The lowest BCUT2D eigenvalue weighted by molar-refractivity contribution is -0.130. The Kier molecular flexibility index (Phi) is 18.3. The first kappa shape index (κ1) is 53.9. The predicted octanol–water partition coefficient (Wildman–Crippen LogP) is 7.82. The van der Waals surface area contributed by atoms with E-state index in [0.717, 1.165) is 37.7 Å². The van der Waals surface area contributed by atoms with E-state index in [-0.39, 0.29) is 49.0 Å². The average molecular weight is 1020 g/mol. The Balaban J connectivity index is 1.18. The van der Waals surface area contributed by atoms with Crippen LogP contribution in [0.2, 0.25) is 0 Å². The van der Waals surface area contributed by atoms with E-state index in [2.05, 4.69) is 21.3 Å². The smallest absolute Gasteiger partial charge is 0.408 e. The van der Waals surface area contributed by atoms with Gasteiger partial charge in [0.05, 0.1) is 4.90 Å². The second-order valence-electron chi connectivity index (χ2n) is 18.9. The normalized spacial score (nSPS) is 13.7. The quantitative estimate of drug-likeness (QED) is 0.0392. The van der Waals surface area contributed by atoms with E-state index in [1.165, 1.54) is 43.3 Å². The van der Waals surface area contributed by atoms with Gasteiger partial charge in [-0.15, -0.1) is 0 Å². The van der Waals surface area contributed by atoms with E-state index >= 15 is 0 Å². The van der Waals surface area contributed by atoms with Gasteiger partial charge in [-0.05, 0) is 70.7 Å². The topological polar surface area (TPSA) is 183 Å². The Morgan fingerprint density at radius 1 is 0.676 bits per heavy atom. The number of sulfonamides is 1. The molecule has 0 unspecified atom stereocenters. The zero-order chi connectivity index (χ0) is 52.7. The van der Waals surface area contributed by atoms with Gasteiger partial charge < -0.3 is 30.9 Å². The van der Waals surface area contributed by atoms with Crippen LogP contribution in [-0.4, -0.2) is 81.2 Å². The number of rotatable bonds is 22. The highest BCUT2D eigenvalue weighted by Gasteiger charge is 2.38. The maximum absolute atomic E-state index is 14.8. The molecule has 6 aromatic rings. The molecule has 0 radical (unpaired) electrons. The molecule has 6 aromatic carbocycles. The summed E-state index contributed by atoms with van der Waals surface area (Å²) < 4.78 is 32.8. The van der Waals surface area contributed by atoms with E-state index in [4.69, 9.17) is 4.74 Å². The zero-order valence-electron chi connectivity index (χ0n) is 42.1. The number of nitrogens with zero attached hydrogens (tertiary/aromatic N) is 2. The fourth-order valence-electron chi connectivity index (χ4n) is 9.03. The third-order valence-electron chi connectivity index (χ3n) is 12.9. The van der Waals surface area contributed by atoms with Gasteiger partial charge >= 0.3 is 6.09 Å². The van der Waals surface area contributed by atoms with Crippen molar-refractivity contribution in [3.63, 3.8) is 0 Å². The molecule has 14 nitrogen and oxygen atoms in total. The Morgan fingerprint density at radius 2 is 1.20 bits per heavy atom. The second-order valence-corrected chi connectivity index (χ2v) is 21.0. The molecule has 1 aliphatic rings. The standard InChI is InChI=1S/C59H64N6O8S/c1-42(2)38-51(62-58(70)73-41-44-22-12-6-13-23-44)57(69)61-52(39-43-20-10-5-11-21-43)56(68)60-49(32-35-55(67)65-37-36-45-30-33-50(40-53(45)65)74(71,72)64(3)4)31-34-54(66)63-59(46-24-14-7-15-25-46,47-26-16-8-17-27-47)48-28-18-9-19-29-48/h5-30,32-33,35,40,42,49,51-52H,31,34,36-39,41H2,1-4H3,(H,60,68)(H,61,69)(H,62,70)(H,63,66)/b35-32+/t49-,51-,52-/m0/s1. The molecule has 0 saturated carbocycles. The molecule has 15 heteroatoms. The summed E-state index contributed by atoms with van der Waals surface area (Å²) in [4.78, 5) is 72.5. The molecule has 0 saturated heterocycles. The van der Waals surface area contributed by atoms with Crippen LogP contribution in [0, 0.1) is 5.92 Å². The average Bonchev–Trinajstić information content (AvgIpc) is 3.85. The number of carbonyl (C=O) groups is 5. The van der Waals surface area contributed by atoms with Gasteiger partial charge in [-0.25, -0.2) is 17.5 Å². The summed E-state index contributed by atoms with van der Waals surface area (Å²) in [6, 6.07) is 48.9. The highest BCUT2D eigenvalue weighted by atomic mass is 32.2. The Labute approximate surface area is 434 Å². The monoisotopic (exact) mass is 1020 g/mol. The van der Waals surface area contributed by atoms with Crippen molar-refractivity contribution in [2.75, 3.05) is 25.5 Å². The number of hydrogen-bond donors (Lipinski definition) is 4. The molecular weight excluding hydrogens is 953 g/mol. The van der Waals surface area contributed by atoms with E-state index in [1.807, 2.05) is 166 Å². The number of fused-ring (bicyclic) bond motifs is 1. The van der Waals surface area contributed by atoms with Crippen molar-refractivity contribution in [3.05, 3.63) is 215 Å². The van der Waals surface area contributed by atoms with Crippen LogP contribution in [0.3, 0.4) is 0 Å². The second kappa shape index (κ2) is 25.2. The minimum atomic E-state index is -3.80. The molecule has 5 amide bonds. The third-order valence-corrected chi connectivity index (χ3v) is 14.7. The Hall–Kier alpha value is -7.88. The van der Waals surface area contributed by atoms with Crippen molar-refractivity contribution in [3.8, 4) is 0 Å². The maximum atomic E-state index is 14.8. The van der Waals surface area contributed by atoms with Crippen LogP contribution in [-0.2, 0) is 58.9 Å². The van der Waals surface area contributed by atoms with Crippen LogP contribution in [0.25, 0.3) is 0 Å². The predicted molar refractivity (Wildman–Crippen MR) is 286 cm³/mol. The van der Waals surface area contributed by atoms with Crippen molar-refractivity contribution in [2.24, 2.45) is 5.92 Å². The molecular formula is C59H64N6O8S. The number of amides is 5. The van der Waals surface area contributed by atoms with Crippen LogP contribution in [0.4, 0.5) is 10.5 Å². The number of nitrogens with one attached hydrogen (secondary N) is 4. The third kappa shape index (κ3) is 13.8. The van der Waals surface area contributed by atoms with E-state index in [0.29, 0.717) is 18.7 Å². The lowest BCUT2D eigenvalue weighted by Gasteiger charge is -2.37. The van der Waals surface area contributed by atoms with Gasteiger partial charge in [0, 0.05) is 51.3 Å². The molecule has 4 N–H and O–H groups in total. The minimum absolute atomic E-state index is 0.00736. The number of carbonyl (C=O) groups excluding carboxylic acids is 5. The first-order valence-electron chi connectivity index (χ1n) is 24.8. The molecule has 7 rings (SSSR count). The maximum Gasteiger partial charge on any atom is 0.408 e. The number of ether oxygens (including phenoxy) is 1. The first-order chi connectivity index (χ1) is 35.6. The van der Waals surface area contributed by atoms with Crippen LogP contribution in [0.1, 0.15) is 66.5 Å². The highest BCUT2D eigenvalue weighted by molar-refractivity contribution is 7.89. The molecule has 0 fully saturated rings. The molecule has 1 heterocycles. The number of benzene rings is 6. The van der Waals surface area contributed by atoms with Crippen LogP contribution < -0.4 is 26.2 Å². The molecule has 74 heavy (non-hydrogen) atoms. The highest BCUT2D eigenvalue weighted by Crippen LogP contribution is 2.37. The van der Waals surface area contributed by atoms with Gasteiger partial charge in [0.25, 0.3) is 5.91 Å². The summed E-state index contributed by atoms with van der Waals surface area (Å²) in [6.07, 6.45) is 2.77. The van der Waals surface area contributed by atoms with Gasteiger partial charge in [-0.3, -0.25) is 19.2 Å². The molecule has 1 aliphatic heterocycles. The van der Waals surface area contributed by atoms with Gasteiger partial charge in [0.1, 0.15) is 24.2 Å². The number of anilines is 1. The van der Waals surface area contributed by atoms with Gasteiger partial charge in [0.2, 0.25) is 27.7 Å². The molecule has 384 valence electrons. The Morgan fingerprint density at radius 3 is 1.74 bits per heavy atom. The van der Waals surface area contributed by atoms with Crippen molar-refractivity contribution >= 4 is 45.4 Å². The van der Waals surface area contributed by atoms with Crippen LogP contribution in [0.5, 0.6) is 0 Å². The lowest BCUT2D eigenvalue weighted by Crippen LogP contribution is -2.56. The fraction of sp³-hybridized carbons (Fsp3) is 0.271. The first-order valence-corrected chi connectivity index (χ1v) is 26.2. The Bertz CT molecular complexity index is 2900. The van der Waals surface area contributed by atoms with Crippen molar-refractivity contribution in [1.29, 1.82) is 0 Å². The largest absolute Gasteiger partial charge is 0.445 e. The SMILES string of the molecule is CC(C)C[C@H](NC(=O)OCc1ccccc1)C(=O)N[C@@H](Cc1ccccc1)C(=O)N[C@H](/C=C/C(=O)N1CCc2ccc(S(=O)(=O)N(C)C)cc21)CCC(=O)NC(c1ccccc1)(c1ccccc1)c1ccccc1. The van der Waals surface area contributed by atoms with Crippen molar-refractivity contribution < 1.29 is 37.1 Å². The lowest BCUT2D eigenvalue weighted by atomic mass is 9.77. The molecule has 0 bridgehead atoms. The van der Waals surface area contributed by atoms with Gasteiger partial charge in [-0.1, -0.05) is 178 Å². The molecule has 0 spiro atoms. The van der Waals surface area contributed by atoms with Crippen molar-refractivity contribution in [1.82, 2.24) is 25.6 Å². The summed E-state index contributed by atoms with van der Waals surface area (Å²) in [6.45, 7) is 4.11. The van der Waals surface area contributed by atoms with Gasteiger partial charge in [-0.2, -0.15) is 0 Å². The minimum Gasteiger partial charge on any atom is -0.445 e. The van der Waals surface area contributed by atoms with Gasteiger partial charge in [0.15, 0.2) is 0 Å². The fourth-order valence-corrected chi connectivity index (χ4v) is 9.95.